The van der Waals surface area contributed by atoms with Crippen molar-refractivity contribution in [2.24, 2.45) is 0 Å². The largest absolute Gasteiger partial charge is 0.456 e. The number of ether oxygens (including phenoxy) is 2. The zero-order valence-electron chi connectivity index (χ0n) is 24.0. The Morgan fingerprint density at radius 2 is 1.56 bits per heavy atom. The molecule has 39 heavy (non-hydrogen) atoms. The molecule has 2 aromatic carbocycles. The number of anilines is 1. The van der Waals surface area contributed by atoms with Crippen molar-refractivity contribution in [3.63, 3.8) is 0 Å². The fourth-order valence-corrected chi connectivity index (χ4v) is 3.94. The molecular weight excluding hydrogens is 496 g/mol. The highest BCUT2D eigenvalue weighted by Gasteiger charge is 2.20. The van der Waals surface area contributed by atoms with Gasteiger partial charge in [-0.15, -0.1) is 0 Å². The number of rotatable bonds is 9. The molecule has 210 valence electrons. The Kier molecular flexibility index (Phi) is 9.37. The highest BCUT2D eigenvalue weighted by Crippen LogP contribution is 2.23. The van der Waals surface area contributed by atoms with Crippen LogP contribution in [0.15, 0.2) is 42.5 Å². The molecule has 3 rings (SSSR count). The molecule has 0 fully saturated rings. The van der Waals surface area contributed by atoms with Crippen LogP contribution in [-0.4, -0.2) is 45.3 Å². The van der Waals surface area contributed by atoms with Crippen LogP contribution in [0.25, 0.3) is 11.0 Å². The molecule has 0 aliphatic carbocycles. The lowest BCUT2D eigenvalue weighted by Crippen LogP contribution is -2.33. The average Bonchev–Trinajstić information content (AvgIpc) is 3.14. The second kappa shape index (κ2) is 12.3. The fraction of sp³-hybridized carbons (Fsp3) is 0.467. The van der Waals surface area contributed by atoms with E-state index >= 15 is 0 Å². The summed E-state index contributed by atoms with van der Waals surface area (Å²) in [6, 6.07) is 12.5. The number of alkyl carbamates (subject to hydrolysis) is 1. The molecule has 0 atom stereocenters. The molecule has 9 heteroatoms. The van der Waals surface area contributed by atoms with E-state index in [4.69, 9.17) is 9.47 Å². The van der Waals surface area contributed by atoms with Crippen molar-refractivity contribution in [2.75, 3.05) is 11.9 Å². The zero-order valence-corrected chi connectivity index (χ0v) is 24.0. The SMILES string of the molecule is Cc1ccc2c(c1)nc(NC(=O)c1cccc(C(=O)OC(C)(C)C)c1)n2CCCCCNC(=O)OC(C)(C)C. The summed E-state index contributed by atoms with van der Waals surface area (Å²) in [6.45, 7) is 14.0. The molecule has 0 saturated carbocycles. The third-order valence-electron chi connectivity index (χ3n) is 5.62. The van der Waals surface area contributed by atoms with Crippen molar-refractivity contribution in [1.82, 2.24) is 14.9 Å². The monoisotopic (exact) mass is 536 g/mol. The van der Waals surface area contributed by atoms with Gasteiger partial charge in [0.25, 0.3) is 5.91 Å². The predicted octanol–water partition coefficient (Wildman–Crippen LogP) is 6.25. The number of benzene rings is 2. The summed E-state index contributed by atoms with van der Waals surface area (Å²) in [5.41, 5.74) is 2.27. The van der Waals surface area contributed by atoms with Crippen molar-refractivity contribution in [3.05, 3.63) is 59.2 Å². The van der Waals surface area contributed by atoms with Gasteiger partial charge in [0.2, 0.25) is 5.95 Å². The molecule has 9 nitrogen and oxygen atoms in total. The van der Waals surface area contributed by atoms with Crippen LogP contribution in [-0.2, 0) is 16.0 Å². The molecule has 0 aliphatic rings. The van der Waals surface area contributed by atoms with E-state index in [2.05, 4.69) is 15.6 Å². The molecule has 0 bridgehead atoms. The van der Waals surface area contributed by atoms with Gasteiger partial charge in [-0.2, -0.15) is 0 Å². The third-order valence-corrected chi connectivity index (χ3v) is 5.62. The topological polar surface area (TPSA) is 112 Å². The van der Waals surface area contributed by atoms with Gasteiger partial charge in [-0.05, 0) is 104 Å². The molecule has 0 saturated heterocycles. The summed E-state index contributed by atoms with van der Waals surface area (Å²) in [7, 11) is 0. The van der Waals surface area contributed by atoms with Gasteiger partial charge in [0.1, 0.15) is 11.2 Å². The number of aryl methyl sites for hydroxylation is 2. The highest BCUT2D eigenvalue weighted by molar-refractivity contribution is 6.05. The van der Waals surface area contributed by atoms with Gasteiger partial charge in [-0.1, -0.05) is 12.1 Å². The minimum Gasteiger partial charge on any atom is -0.456 e. The summed E-state index contributed by atoms with van der Waals surface area (Å²) >= 11 is 0. The molecular formula is C30H40N4O5. The minimum atomic E-state index is -0.635. The van der Waals surface area contributed by atoms with Crippen molar-refractivity contribution in [1.29, 1.82) is 0 Å². The van der Waals surface area contributed by atoms with Crippen molar-refractivity contribution >= 4 is 35.0 Å². The van der Waals surface area contributed by atoms with Crippen molar-refractivity contribution in [2.45, 2.75) is 85.5 Å². The van der Waals surface area contributed by atoms with E-state index < -0.39 is 23.3 Å². The Morgan fingerprint density at radius 1 is 0.872 bits per heavy atom. The lowest BCUT2D eigenvalue weighted by molar-refractivity contribution is 0.00691. The van der Waals surface area contributed by atoms with Crippen LogP contribution in [0.4, 0.5) is 10.7 Å². The van der Waals surface area contributed by atoms with Crippen LogP contribution < -0.4 is 10.6 Å². The molecule has 3 aromatic rings. The van der Waals surface area contributed by atoms with E-state index in [1.807, 2.05) is 50.5 Å². The number of unbranched alkanes of at least 4 members (excludes halogenated alkanes) is 2. The van der Waals surface area contributed by atoms with E-state index in [9.17, 15) is 14.4 Å². The van der Waals surface area contributed by atoms with E-state index in [1.165, 1.54) is 6.07 Å². The number of nitrogens with one attached hydrogen (secondary N) is 2. The number of esters is 1. The molecule has 2 N–H and O–H groups in total. The van der Waals surface area contributed by atoms with Crippen LogP contribution in [0, 0.1) is 6.92 Å². The summed E-state index contributed by atoms with van der Waals surface area (Å²) in [6.07, 6.45) is 2.07. The molecule has 1 aromatic heterocycles. The quantitative estimate of drug-likeness (QED) is 0.247. The van der Waals surface area contributed by atoms with E-state index in [0.717, 1.165) is 35.9 Å². The lowest BCUT2D eigenvalue weighted by Gasteiger charge is -2.19. The first-order valence-corrected chi connectivity index (χ1v) is 13.3. The Morgan fingerprint density at radius 3 is 2.26 bits per heavy atom. The number of hydrogen-bond donors (Lipinski definition) is 2. The zero-order chi connectivity index (χ0) is 28.8. The van der Waals surface area contributed by atoms with Gasteiger partial charge in [0, 0.05) is 18.7 Å². The van der Waals surface area contributed by atoms with Gasteiger partial charge in [-0.25, -0.2) is 14.6 Å². The van der Waals surface area contributed by atoms with Gasteiger partial charge in [0.15, 0.2) is 0 Å². The average molecular weight is 537 g/mol. The number of aromatic nitrogens is 2. The van der Waals surface area contributed by atoms with Crippen LogP contribution in [0.2, 0.25) is 0 Å². The normalized spacial score (nSPS) is 11.8. The van der Waals surface area contributed by atoms with Crippen LogP contribution in [0.5, 0.6) is 0 Å². The molecule has 0 aliphatic heterocycles. The molecule has 2 amide bonds. The van der Waals surface area contributed by atoms with Crippen LogP contribution in [0.1, 0.15) is 87.1 Å². The van der Waals surface area contributed by atoms with E-state index in [1.54, 1.807) is 39.0 Å². The summed E-state index contributed by atoms with van der Waals surface area (Å²) < 4.78 is 12.7. The number of carbonyl (C=O) groups excluding carboxylic acids is 3. The Bertz CT molecular complexity index is 1330. The van der Waals surface area contributed by atoms with Crippen molar-refractivity contribution in [3.8, 4) is 0 Å². The number of amides is 2. The number of nitrogens with zero attached hydrogens (tertiary/aromatic N) is 2. The predicted molar refractivity (Wildman–Crippen MR) is 152 cm³/mol. The second-order valence-corrected chi connectivity index (χ2v) is 11.6. The number of hydrogen-bond acceptors (Lipinski definition) is 6. The number of carbonyl (C=O) groups is 3. The first kappa shape index (κ1) is 29.7. The van der Waals surface area contributed by atoms with Crippen molar-refractivity contribution < 1.29 is 23.9 Å². The number of imidazole rings is 1. The van der Waals surface area contributed by atoms with E-state index in [0.29, 0.717) is 30.2 Å². The summed E-state index contributed by atoms with van der Waals surface area (Å²) in [4.78, 5) is 42.2. The second-order valence-electron chi connectivity index (χ2n) is 11.6. The molecule has 0 spiro atoms. The van der Waals surface area contributed by atoms with Gasteiger partial charge < -0.3 is 19.4 Å². The Labute approximate surface area is 230 Å². The van der Waals surface area contributed by atoms with E-state index in [-0.39, 0.29) is 5.91 Å². The minimum absolute atomic E-state index is 0.307. The summed E-state index contributed by atoms with van der Waals surface area (Å²) in [5, 5.41) is 5.71. The maximum atomic E-state index is 13.2. The summed E-state index contributed by atoms with van der Waals surface area (Å²) in [5.74, 6) is -0.411. The van der Waals surface area contributed by atoms with Gasteiger partial charge >= 0.3 is 12.1 Å². The Balaban J connectivity index is 1.68. The van der Waals surface area contributed by atoms with Crippen LogP contribution >= 0.6 is 0 Å². The van der Waals surface area contributed by atoms with Crippen LogP contribution in [0.3, 0.4) is 0 Å². The Hall–Kier alpha value is -3.88. The lowest BCUT2D eigenvalue weighted by atomic mass is 10.1. The third kappa shape index (κ3) is 9.12. The number of fused-ring (bicyclic) bond motifs is 1. The molecule has 1 heterocycles. The first-order valence-electron chi connectivity index (χ1n) is 13.3. The van der Waals surface area contributed by atoms with Gasteiger partial charge in [0.05, 0.1) is 16.6 Å². The van der Waals surface area contributed by atoms with Gasteiger partial charge in [-0.3, -0.25) is 10.1 Å². The standard InChI is InChI=1S/C30H40N4O5/c1-20-14-15-24-23(18-20)32-27(34(24)17-10-8-9-16-31-28(37)39-30(5,6)7)33-25(35)21-12-11-13-22(19-21)26(36)38-29(2,3)4/h11-15,18-19H,8-10,16-17H2,1-7H3,(H,31,37)(H,32,33,35). The molecule has 0 radical (unpaired) electrons. The maximum absolute atomic E-state index is 13.2. The molecule has 0 unspecified atom stereocenters. The fourth-order valence-electron chi connectivity index (χ4n) is 3.94. The maximum Gasteiger partial charge on any atom is 0.407 e. The first-order chi connectivity index (χ1) is 18.2. The highest BCUT2D eigenvalue weighted by atomic mass is 16.6. The smallest absolute Gasteiger partial charge is 0.407 e.